The highest BCUT2D eigenvalue weighted by molar-refractivity contribution is 6.31. The number of aliphatic hydroxyl groups excluding tert-OH is 1. The van der Waals surface area contributed by atoms with Crippen molar-refractivity contribution < 1.29 is 14.6 Å². The van der Waals surface area contributed by atoms with Crippen LogP contribution in [0, 0.1) is 17.8 Å². The van der Waals surface area contributed by atoms with Gasteiger partial charge in [0.05, 0.1) is 18.2 Å². The van der Waals surface area contributed by atoms with Crippen LogP contribution in [-0.4, -0.2) is 22.8 Å². The van der Waals surface area contributed by atoms with Gasteiger partial charge in [-0.2, -0.15) is 0 Å². The second-order valence-electron chi connectivity index (χ2n) is 9.60. The zero-order valence-electron chi connectivity index (χ0n) is 18.8. The molecule has 0 spiro atoms. The van der Waals surface area contributed by atoms with E-state index in [0.29, 0.717) is 40.9 Å². The predicted molar refractivity (Wildman–Crippen MR) is 131 cm³/mol. The second kappa shape index (κ2) is 8.34. The Morgan fingerprint density at radius 3 is 2.67 bits per heavy atom. The fourth-order valence-electron chi connectivity index (χ4n) is 6.15. The molecule has 2 bridgehead atoms. The number of nitrogens with zero attached hydrogens (tertiary/aromatic N) is 1. The lowest BCUT2D eigenvalue weighted by Crippen LogP contribution is -2.48. The van der Waals surface area contributed by atoms with Crippen molar-refractivity contribution in [2.45, 2.75) is 45.1 Å². The molecule has 2 aromatic carbocycles. The number of halogens is 1. The van der Waals surface area contributed by atoms with E-state index < -0.39 is 0 Å². The summed E-state index contributed by atoms with van der Waals surface area (Å²) >= 11 is 6.09. The van der Waals surface area contributed by atoms with E-state index in [1.165, 1.54) is 31.2 Å². The third kappa shape index (κ3) is 3.70. The van der Waals surface area contributed by atoms with Gasteiger partial charge < -0.3 is 14.6 Å². The van der Waals surface area contributed by atoms with Crippen LogP contribution in [0.2, 0.25) is 5.02 Å². The Bertz CT molecular complexity index is 1250. The lowest BCUT2D eigenvalue weighted by molar-refractivity contribution is -0.0972. The van der Waals surface area contributed by atoms with Crippen molar-refractivity contribution in [1.29, 1.82) is 0 Å². The lowest BCUT2D eigenvalue weighted by Gasteiger charge is -2.50. The van der Waals surface area contributed by atoms with Gasteiger partial charge in [0.1, 0.15) is 11.5 Å². The van der Waals surface area contributed by atoms with Gasteiger partial charge in [-0.3, -0.25) is 0 Å². The summed E-state index contributed by atoms with van der Waals surface area (Å²) in [4.78, 5) is 4.62. The van der Waals surface area contributed by atoms with E-state index in [4.69, 9.17) is 21.1 Å². The van der Waals surface area contributed by atoms with Gasteiger partial charge in [-0.05, 0) is 91.5 Å². The Labute approximate surface area is 199 Å². The molecule has 5 heteroatoms. The van der Waals surface area contributed by atoms with E-state index in [1.807, 2.05) is 42.5 Å². The summed E-state index contributed by atoms with van der Waals surface area (Å²) in [5, 5.41) is 13.1. The largest absolute Gasteiger partial charge is 0.512 e. The first-order valence-electron chi connectivity index (χ1n) is 12.0. The van der Waals surface area contributed by atoms with Gasteiger partial charge in [-0.25, -0.2) is 4.98 Å². The van der Waals surface area contributed by atoms with Gasteiger partial charge in [-0.15, -0.1) is 0 Å². The topological polar surface area (TPSA) is 51.6 Å². The van der Waals surface area contributed by atoms with Crippen LogP contribution in [0.1, 0.15) is 43.7 Å². The molecule has 3 aliphatic carbocycles. The van der Waals surface area contributed by atoms with Crippen molar-refractivity contribution in [1.82, 2.24) is 4.98 Å². The average Bonchev–Trinajstić information content (AvgIpc) is 2.85. The van der Waals surface area contributed by atoms with Gasteiger partial charge in [0.15, 0.2) is 0 Å². The highest BCUT2D eigenvalue weighted by atomic mass is 35.5. The second-order valence-corrected chi connectivity index (χ2v) is 10.0. The number of aliphatic hydroxyl groups is 1. The zero-order valence-corrected chi connectivity index (χ0v) is 19.5. The minimum atomic E-state index is 0.143. The minimum Gasteiger partial charge on any atom is -0.512 e. The molecule has 170 valence electrons. The Balaban J connectivity index is 1.34. The fourth-order valence-corrected chi connectivity index (χ4v) is 6.33. The number of hydrogen-bond donors (Lipinski definition) is 1. The summed E-state index contributed by atoms with van der Waals surface area (Å²) in [6.45, 7) is 2.60. The molecule has 1 aromatic heterocycles. The molecule has 2 atom stereocenters. The summed E-state index contributed by atoms with van der Waals surface area (Å²) in [5.41, 5.74) is 3.97. The van der Waals surface area contributed by atoms with Crippen molar-refractivity contribution >= 4 is 28.1 Å². The first-order chi connectivity index (χ1) is 16.1. The molecule has 33 heavy (non-hydrogen) atoms. The van der Waals surface area contributed by atoms with Crippen molar-refractivity contribution in [3.05, 3.63) is 70.4 Å². The normalized spacial score (nSPS) is 26.5. The molecule has 0 amide bonds. The maximum absolute atomic E-state index is 11.4. The molecule has 4 aliphatic rings. The molecule has 0 saturated heterocycles. The Morgan fingerprint density at radius 2 is 1.85 bits per heavy atom. The summed E-state index contributed by atoms with van der Waals surface area (Å²) in [6.07, 6.45) is 5.94. The predicted octanol–water partition coefficient (Wildman–Crippen LogP) is 7.35. The lowest BCUT2D eigenvalue weighted by atomic mass is 9.61. The summed E-state index contributed by atoms with van der Waals surface area (Å²) in [6, 6.07) is 15.5. The zero-order chi connectivity index (χ0) is 22.5. The Morgan fingerprint density at radius 1 is 1.03 bits per heavy atom. The number of aryl methyl sites for hydroxylation is 1. The molecule has 1 N–H and O–H groups in total. The van der Waals surface area contributed by atoms with Crippen molar-refractivity contribution in [3.63, 3.8) is 0 Å². The van der Waals surface area contributed by atoms with E-state index >= 15 is 0 Å². The van der Waals surface area contributed by atoms with Crippen molar-refractivity contribution in [2.24, 2.45) is 17.8 Å². The maximum Gasteiger partial charge on any atom is 0.219 e. The van der Waals surface area contributed by atoms with E-state index in [0.717, 1.165) is 28.5 Å². The van der Waals surface area contributed by atoms with Crippen LogP contribution < -0.4 is 4.74 Å². The van der Waals surface area contributed by atoms with E-state index in [2.05, 4.69) is 18.0 Å². The van der Waals surface area contributed by atoms with Crippen LogP contribution in [0.25, 0.3) is 16.5 Å². The van der Waals surface area contributed by atoms with Gasteiger partial charge in [0.25, 0.3) is 0 Å². The van der Waals surface area contributed by atoms with E-state index in [1.54, 1.807) is 0 Å². The smallest absolute Gasteiger partial charge is 0.219 e. The molecule has 7 rings (SSSR count). The SMILES string of the molecule is CCc1ccc(Oc2ccc3cc(Cl)ccc3n2)cc1C1=C(O)C2C3CCC(CC3)C2OC1. The molecular formula is C28H28ClNO3. The third-order valence-electron chi connectivity index (χ3n) is 7.82. The number of pyridine rings is 1. The Kier molecular flexibility index (Phi) is 5.31. The maximum atomic E-state index is 11.4. The van der Waals surface area contributed by atoms with Crippen LogP contribution in [-0.2, 0) is 11.2 Å². The number of rotatable bonds is 4. The number of ether oxygens (including phenoxy) is 2. The van der Waals surface area contributed by atoms with Crippen molar-refractivity contribution in [3.8, 4) is 11.6 Å². The summed E-state index contributed by atoms with van der Waals surface area (Å²) in [5.74, 6) is 3.06. The molecule has 1 aliphatic heterocycles. The number of aromatic nitrogens is 1. The van der Waals surface area contributed by atoms with Gasteiger partial charge in [0.2, 0.25) is 5.88 Å². The highest BCUT2D eigenvalue weighted by Crippen LogP contribution is 2.52. The van der Waals surface area contributed by atoms with Crippen LogP contribution in [0.4, 0.5) is 0 Å². The standard InChI is InChI=1S/C28H28ClNO3/c1-2-16-7-10-21(33-25-12-8-19-13-20(29)9-11-24(19)30-25)14-22(16)23-15-32-28-18-5-3-17(4-6-18)26(28)27(23)31/h7-14,17-18,26,28,31H,2-6,15H2,1H3. The average molecular weight is 462 g/mol. The quantitative estimate of drug-likeness (QED) is 0.441. The molecule has 3 fully saturated rings. The number of hydrogen-bond acceptors (Lipinski definition) is 4. The van der Waals surface area contributed by atoms with Crippen LogP contribution >= 0.6 is 11.6 Å². The van der Waals surface area contributed by atoms with Crippen LogP contribution in [0.15, 0.2) is 54.3 Å². The highest BCUT2D eigenvalue weighted by Gasteiger charge is 2.48. The molecule has 0 radical (unpaired) electrons. The van der Waals surface area contributed by atoms with E-state index in [-0.39, 0.29) is 12.0 Å². The number of fused-ring (bicyclic) bond motifs is 3. The molecule has 2 heterocycles. The number of benzene rings is 2. The minimum absolute atomic E-state index is 0.143. The molecular weight excluding hydrogens is 434 g/mol. The third-order valence-corrected chi connectivity index (χ3v) is 8.06. The first kappa shape index (κ1) is 21.0. The fraction of sp³-hybridized carbons (Fsp3) is 0.393. The molecule has 4 nitrogen and oxygen atoms in total. The first-order valence-corrected chi connectivity index (χ1v) is 12.4. The van der Waals surface area contributed by atoms with Gasteiger partial charge >= 0.3 is 0 Å². The summed E-state index contributed by atoms with van der Waals surface area (Å²) in [7, 11) is 0. The van der Waals surface area contributed by atoms with Crippen LogP contribution in [0.5, 0.6) is 11.6 Å². The van der Waals surface area contributed by atoms with Crippen molar-refractivity contribution in [2.75, 3.05) is 6.61 Å². The van der Waals surface area contributed by atoms with Gasteiger partial charge in [0, 0.05) is 28.0 Å². The van der Waals surface area contributed by atoms with Crippen LogP contribution in [0.3, 0.4) is 0 Å². The van der Waals surface area contributed by atoms with Gasteiger partial charge in [-0.1, -0.05) is 24.6 Å². The van der Waals surface area contributed by atoms with E-state index in [9.17, 15) is 5.11 Å². The molecule has 2 unspecified atom stereocenters. The molecule has 3 saturated carbocycles. The molecule has 3 aromatic rings. The summed E-state index contributed by atoms with van der Waals surface area (Å²) < 4.78 is 12.5. The monoisotopic (exact) mass is 461 g/mol. The Hall–Kier alpha value is -2.56.